The summed E-state index contributed by atoms with van der Waals surface area (Å²) in [6.07, 6.45) is 0.766. The molecule has 0 amide bonds. The Balaban J connectivity index is 2.29. The molecule has 86 valence electrons. The van der Waals surface area contributed by atoms with Crippen molar-refractivity contribution in [1.82, 2.24) is 0 Å². The van der Waals surface area contributed by atoms with E-state index in [1.54, 1.807) is 0 Å². The van der Waals surface area contributed by atoms with Crippen LogP contribution in [-0.4, -0.2) is 13.1 Å². The molecule has 0 fully saturated rings. The molecule has 0 saturated carbocycles. The van der Waals surface area contributed by atoms with Crippen molar-refractivity contribution in [1.29, 1.82) is 5.26 Å². The molecule has 0 atom stereocenters. The van der Waals surface area contributed by atoms with Crippen LogP contribution >= 0.6 is 0 Å². The zero-order valence-corrected chi connectivity index (χ0v) is 9.49. The maximum Gasteiger partial charge on any atom is 0.309 e. The highest BCUT2D eigenvalue weighted by Crippen LogP contribution is 2.28. The number of benzene rings is 1. The maximum absolute atomic E-state index is 11.3. The second-order valence-corrected chi connectivity index (χ2v) is 3.80. The summed E-state index contributed by atoms with van der Waals surface area (Å²) in [5.74, 6) is -0.325. The van der Waals surface area contributed by atoms with E-state index in [4.69, 9.17) is 5.26 Å². The Hall–Kier alpha value is -2.28. The van der Waals surface area contributed by atoms with Gasteiger partial charge >= 0.3 is 5.97 Å². The number of esters is 1. The summed E-state index contributed by atoms with van der Waals surface area (Å²) in [5.41, 5.74) is 3.25. The molecule has 1 aliphatic heterocycles. The van der Waals surface area contributed by atoms with Crippen LogP contribution in [0.2, 0.25) is 0 Å². The fourth-order valence-electron chi connectivity index (χ4n) is 1.84. The first-order valence-corrected chi connectivity index (χ1v) is 5.28. The number of carbonyl (C=O) groups is 1. The number of nitrogens with zero attached hydrogens (tertiary/aromatic N) is 1. The molecule has 1 heterocycles. The van der Waals surface area contributed by atoms with Gasteiger partial charge in [-0.25, -0.2) is 0 Å². The molecule has 2 rings (SSSR count). The first kappa shape index (κ1) is 11.2. The van der Waals surface area contributed by atoms with Crippen LogP contribution in [0.1, 0.15) is 12.0 Å². The normalized spacial score (nSPS) is 13.4. The van der Waals surface area contributed by atoms with Crippen molar-refractivity contribution < 1.29 is 9.53 Å². The van der Waals surface area contributed by atoms with E-state index in [1.807, 2.05) is 24.3 Å². The van der Waals surface area contributed by atoms with Crippen LogP contribution in [0.15, 0.2) is 35.5 Å². The molecule has 0 aromatic heterocycles. The van der Waals surface area contributed by atoms with E-state index < -0.39 is 0 Å². The van der Waals surface area contributed by atoms with Crippen molar-refractivity contribution in [3.05, 3.63) is 41.1 Å². The van der Waals surface area contributed by atoms with Gasteiger partial charge in [-0.3, -0.25) is 4.79 Å². The molecule has 0 unspecified atom stereocenters. The van der Waals surface area contributed by atoms with Gasteiger partial charge in [-0.2, -0.15) is 5.26 Å². The third kappa shape index (κ3) is 2.28. The Labute approximate surface area is 99.5 Å². The van der Waals surface area contributed by atoms with Crippen LogP contribution in [0.3, 0.4) is 0 Å². The Bertz CT molecular complexity index is 526. The zero-order valence-electron chi connectivity index (χ0n) is 9.49. The van der Waals surface area contributed by atoms with Gasteiger partial charge in [0.15, 0.2) is 0 Å². The van der Waals surface area contributed by atoms with Gasteiger partial charge in [-0.05, 0) is 23.6 Å². The Morgan fingerprint density at radius 2 is 2.29 bits per heavy atom. The quantitative estimate of drug-likeness (QED) is 0.786. The molecule has 0 radical (unpaired) electrons. The van der Waals surface area contributed by atoms with E-state index in [1.165, 1.54) is 7.11 Å². The summed E-state index contributed by atoms with van der Waals surface area (Å²) in [7, 11) is 1.35. The van der Waals surface area contributed by atoms with Gasteiger partial charge in [0, 0.05) is 5.69 Å². The lowest BCUT2D eigenvalue weighted by molar-refractivity contribution is -0.139. The van der Waals surface area contributed by atoms with Gasteiger partial charge in [0.05, 0.1) is 13.5 Å². The fraction of sp³-hybridized carbons (Fsp3) is 0.231. The van der Waals surface area contributed by atoms with Gasteiger partial charge in [0.25, 0.3) is 0 Å². The van der Waals surface area contributed by atoms with Crippen molar-refractivity contribution in [2.75, 3.05) is 12.4 Å². The molecule has 1 N–H and O–H groups in total. The molecule has 1 aromatic carbocycles. The van der Waals surface area contributed by atoms with Gasteiger partial charge in [0.1, 0.15) is 11.8 Å². The molecule has 4 nitrogen and oxygen atoms in total. The lowest BCUT2D eigenvalue weighted by atomic mass is 9.95. The number of methoxy groups -OCH3 is 1. The molecule has 1 aliphatic rings. The number of carbonyl (C=O) groups excluding carboxylic acids is 1. The lowest BCUT2D eigenvalue weighted by Gasteiger charge is -2.20. The summed E-state index contributed by atoms with van der Waals surface area (Å²) in [5, 5.41) is 12.1. The Morgan fingerprint density at radius 3 is 3.00 bits per heavy atom. The maximum atomic E-state index is 11.3. The molecule has 0 spiro atoms. The number of para-hydroxylation sites is 1. The van der Waals surface area contributed by atoms with Gasteiger partial charge in [0.2, 0.25) is 0 Å². The SMILES string of the molecule is COC(=O)CC1=C(C#N)Nc2ccccc2C1. The molecule has 0 bridgehead atoms. The Morgan fingerprint density at radius 1 is 1.53 bits per heavy atom. The van der Waals surface area contributed by atoms with Gasteiger partial charge in [-0.15, -0.1) is 0 Å². The zero-order chi connectivity index (χ0) is 12.3. The van der Waals surface area contributed by atoms with E-state index in [9.17, 15) is 4.79 Å². The van der Waals surface area contributed by atoms with Crippen molar-refractivity contribution in [3.8, 4) is 6.07 Å². The number of nitrogens with one attached hydrogen (secondary N) is 1. The van der Waals surface area contributed by atoms with Crippen molar-refractivity contribution in [2.24, 2.45) is 0 Å². The van der Waals surface area contributed by atoms with E-state index in [0.717, 1.165) is 16.8 Å². The highest BCUT2D eigenvalue weighted by atomic mass is 16.5. The minimum absolute atomic E-state index is 0.153. The number of rotatable bonds is 2. The predicted octanol–water partition coefficient (Wildman–Crippen LogP) is 2.00. The summed E-state index contributed by atoms with van der Waals surface area (Å²) >= 11 is 0. The van der Waals surface area contributed by atoms with Gasteiger partial charge < -0.3 is 10.1 Å². The first-order valence-electron chi connectivity index (χ1n) is 5.28. The monoisotopic (exact) mass is 228 g/mol. The minimum atomic E-state index is -0.325. The second-order valence-electron chi connectivity index (χ2n) is 3.80. The van der Waals surface area contributed by atoms with Crippen molar-refractivity contribution in [2.45, 2.75) is 12.8 Å². The number of hydrogen-bond donors (Lipinski definition) is 1. The topological polar surface area (TPSA) is 62.1 Å². The first-order chi connectivity index (χ1) is 8.24. The number of nitriles is 1. The summed E-state index contributed by atoms with van der Waals surface area (Å²) < 4.78 is 4.62. The van der Waals surface area contributed by atoms with Crippen LogP contribution < -0.4 is 5.32 Å². The van der Waals surface area contributed by atoms with E-state index in [0.29, 0.717) is 12.1 Å². The minimum Gasteiger partial charge on any atom is -0.469 e. The van der Waals surface area contributed by atoms with Gasteiger partial charge in [-0.1, -0.05) is 18.2 Å². The van der Waals surface area contributed by atoms with Crippen LogP contribution in [0.4, 0.5) is 5.69 Å². The van der Waals surface area contributed by atoms with E-state index >= 15 is 0 Å². The van der Waals surface area contributed by atoms with Crippen molar-refractivity contribution >= 4 is 11.7 Å². The molecule has 1 aromatic rings. The van der Waals surface area contributed by atoms with Crippen LogP contribution in [0.5, 0.6) is 0 Å². The number of hydrogen-bond acceptors (Lipinski definition) is 4. The fourth-order valence-corrected chi connectivity index (χ4v) is 1.84. The number of allylic oxidation sites excluding steroid dienone is 1. The standard InChI is InChI=1S/C13H12N2O2/c1-17-13(16)7-10-6-9-4-2-3-5-11(9)15-12(10)8-14/h2-5,15H,6-7H2,1H3. The molecule has 0 aliphatic carbocycles. The molecular weight excluding hydrogens is 216 g/mol. The molecule has 4 heteroatoms. The average Bonchev–Trinajstić information content (AvgIpc) is 2.37. The number of fused-ring (bicyclic) bond motifs is 1. The van der Waals surface area contributed by atoms with Crippen LogP contribution in [0.25, 0.3) is 0 Å². The molecule has 17 heavy (non-hydrogen) atoms. The van der Waals surface area contributed by atoms with Crippen molar-refractivity contribution in [3.63, 3.8) is 0 Å². The van der Waals surface area contributed by atoms with E-state index in [2.05, 4.69) is 16.1 Å². The number of ether oxygens (including phenoxy) is 1. The largest absolute Gasteiger partial charge is 0.469 e. The predicted molar refractivity (Wildman–Crippen MR) is 63.0 cm³/mol. The smallest absolute Gasteiger partial charge is 0.309 e. The Kier molecular flexibility index (Phi) is 3.10. The lowest BCUT2D eigenvalue weighted by Crippen LogP contribution is -2.15. The third-order valence-corrected chi connectivity index (χ3v) is 2.73. The average molecular weight is 228 g/mol. The summed E-state index contributed by atoms with van der Waals surface area (Å²) in [4.78, 5) is 11.3. The highest BCUT2D eigenvalue weighted by molar-refractivity contribution is 5.75. The number of anilines is 1. The highest BCUT2D eigenvalue weighted by Gasteiger charge is 2.19. The summed E-state index contributed by atoms with van der Waals surface area (Å²) in [6, 6.07) is 9.83. The summed E-state index contributed by atoms with van der Waals surface area (Å²) in [6.45, 7) is 0. The van der Waals surface area contributed by atoms with Crippen LogP contribution in [-0.2, 0) is 16.0 Å². The molecular formula is C13H12N2O2. The van der Waals surface area contributed by atoms with Crippen LogP contribution in [0, 0.1) is 11.3 Å². The van der Waals surface area contributed by atoms with E-state index in [-0.39, 0.29) is 12.4 Å². The molecule has 0 saturated heterocycles. The third-order valence-electron chi connectivity index (χ3n) is 2.73. The second kappa shape index (κ2) is 4.71.